The lowest BCUT2D eigenvalue weighted by molar-refractivity contribution is -0.164. The molecule has 0 saturated heterocycles. The highest BCUT2D eigenvalue weighted by Crippen LogP contribution is 2.49. The number of unbranched alkanes of at least 4 members (excludes halogenated alkanes) is 7. The average molecular weight is 1010 g/mol. The molecule has 19 nitrogen and oxygen atoms in total. The van der Waals surface area contributed by atoms with Crippen LogP contribution in [-0.2, 0) is 46.6 Å². The molecule has 2 aliphatic rings. The average Bonchev–Trinajstić information content (AvgIpc) is 3.28. The summed E-state index contributed by atoms with van der Waals surface area (Å²) >= 11 is 0. The highest BCUT2D eigenvalue weighted by atomic mass is 31.2. The summed E-state index contributed by atoms with van der Waals surface area (Å²) in [5, 5.41) is 68.2. The van der Waals surface area contributed by atoms with Crippen molar-refractivity contribution in [2.45, 2.75) is 191 Å². The highest BCUT2D eigenvalue weighted by molar-refractivity contribution is 7.47. The van der Waals surface area contributed by atoms with Crippen molar-refractivity contribution in [3.8, 4) is 0 Å². The second kappa shape index (κ2) is 33.8. The Balaban J connectivity index is 2.37. The van der Waals surface area contributed by atoms with Crippen LogP contribution in [0.2, 0.25) is 0 Å². The summed E-state index contributed by atoms with van der Waals surface area (Å²) < 4.78 is 52.1. The van der Waals surface area contributed by atoms with Crippen LogP contribution in [-0.4, -0.2) is 131 Å². The summed E-state index contributed by atoms with van der Waals surface area (Å²) in [5.74, 6) is -5.72. The second-order valence-corrected chi connectivity index (χ2v) is 19.8. The number of hydrogen-bond donors (Lipinski definition) is 9. The maximum Gasteiger partial charge on any atom is 0.472 e. The van der Waals surface area contributed by atoms with Gasteiger partial charge < -0.3 is 54.8 Å². The van der Waals surface area contributed by atoms with Crippen LogP contribution in [0, 0.1) is 11.8 Å². The van der Waals surface area contributed by atoms with Gasteiger partial charge in [-0.25, -0.2) is 9.13 Å². The molecule has 2 rings (SSSR count). The fraction of sp³-hybridized carbons (Fsp3) is 0.723. The van der Waals surface area contributed by atoms with Gasteiger partial charge in [0.1, 0.15) is 36.8 Å². The first-order valence-electron chi connectivity index (χ1n) is 23.9. The fourth-order valence-electron chi connectivity index (χ4n) is 7.62. The lowest BCUT2D eigenvalue weighted by Gasteiger charge is -2.38. The Labute approximate surface area is 400 Å². The van der Waals surface area contributed by atoms with Crippen LogP contribution in [0.25, 0.3) is 0 Å². The van der Waals surface area contributed by atoms with Gasteiger partial charge in [0, 0.05) is 31.1 Å². The number of fused-ring (bicyclic) bond motifs is 4. The third kappa shape index (κ3) is 25.4. The molecule has 1 saturated carbocycles. The Morgan fingerprint density at radius 1 is 0.868 bits per heavy atom. The number of Topliss-reactive ketones (excluding diaryl/α,β-unsaturated/α-hetero) is 1. The van der Waals surface area contributed by atoms with Crippen molar-refractivity contribution in [2.75, 3.05) is 13.2 Å². The van der Waals surface area contributed by atoms with E-state index in [1.165, 1.54) is 6.08 Å². The number of ketones is 1. The van der Waals surface area contributed by atoms with E-state index in [9.17, 15) is 68.8 Å². The van der Waals surface area contributed by atoms with E-state index in [1.807, 2.05) is 6.92 Å². The van der Waals surface area contributed by atoms with Gasteiger partial charge in [0.2, 0.25) is 0 Å². The number of phosphoric acid groups is 2. The zero-order valence-corrected chi connectivity index (χ0v) is 41.3. The van der Waals surface area contributed by atoms with Gasteiger partial charge in [-0.15, -0.1) is 0 Å². The largest absolute Gasteiger partial charge is 0.472 e. The summed E-state index contributed by atoms with van der Waals surface area (Å²) in [6.07, 6.45) is 7.41. The molecule has 1 fully saturated rings. The minimum absolute atomic E-state index is 0.0573. The number of esters is 2. The van der Waals surface area contributed by atoms with Gasteiger partial charge in [-0.1, -0.05) is 113 Å². The van der Waals surface area contributed by atoms with Crippen molar-refractivity contribution in [1.82, 2.24) is 0 Å². The van der Waals surface area contributed by atoms with Crippen LogP contribution < -0.4 is 0 Å². The van der Waals surface area contributed by atoms with E-state index in [0.29, 0.717) is 19.3 Å². The quantitative estimate of drug-likeness (QED) is 0.0274. The van der Waals surface area contributed by atoms with Crippen LogP contribution in [0.15, 0.2) is 60.8 Å². The van der Waals surface area contributed by atoms with Crippen LogP contribution in [0.3, 0.4) is 0 Å². The molecule has 0 aromatic rings. The maximum atomic E-state index is 13.7. The highest BCUT2D eigenvalue weighted by Gasteiger charge is 2.51. The standard InChI is InChI=1S/C47H78O19P2/c1-3-5-7-8-9-10-11-12-13-14-15-16-17-18-24-28-41(52)64-35-32-62-40(51)27-23-20-19-22-26-36-38(49)31-39(50)37(30-29-34(48)25-21-6-4-2)43(54)46(65-67(57,58)59)47(45(56)44(55)42(36)53)66-68(60,61)63-33-35/h5,7,9-10,12-13,19,22,29-30,34-37,39,42-48,50,53-56H,3-4,6,8,11,14-18,20-21,23-28,31-33H2,1-2H3,(H,60,61)(H2,57,58,59)/b7-5-,10-9-,13-12-,22-19-,30-29+/t34-,35+,36-,37-,39+,42+,43+,44-,45+,46+,47-/m0/s1. The molecule has 68 heavy (non-hydrogen) atoms. The number of phosphoric ester groups is 2. The van der Waals surface area contributed by atoms with E-state index >= 15 is 0 Å². The normalized spacial score (nSPS) is 31.2. The summed E-state index contributed by atoms with van der Waals surface area (Å²) in [7, 11) is -11.5. The number of cyclic esters (lactones) is 1. The number of carbonyl (C=O) groups excluding carboxylic acids is 3. The SMILES string of the molecule is CC/C=C\C/C=C\C/C=C\CCCCCCCC(=O)O[C@@H]1COC(=O)CCC/C=C\C[C@H]2C(=O)C[C@@H](O)[C@H](/C=C/[C@@H](O)CCCCC)[C@@H](O)[C@@H](OP(=O)(O)O)[C@@H](OP(=O)(O)OC1)[C@H](O)[C@@H](O)[C@@H]2O. The van der Waals surface area contributed by atoms with Crippen molar-refractivity contribution in [3.63, 3.8) is 0 Å². The molecule has 0 radical (unpaired) electrons. The zero-order chi connectivity index (χ0) is 50.5. The molecule has 0 aromatic heterocycles. The van der Waals surface area contributed by atoms with E-state index in [0.717, 1.165) is 69.9 Å². The summed E-state index contributed by atoms with van der Waals surface area (Å²) in [6, 6.07) is 0. The second-order valence-electron chi connectivity index (χ2n) is 17.2. The van der Waals surface area contributed by atoms with Crippen LogP contribution in [0.5, 0.6) is 0 Å². The lowest BCUT2D eigenvalue weighted by Crippen LogP contribution is -2.56. The Morgan fingerprint density at radius 3 is 2.24 bits per heavy atom. The minimum atomic E-state index is -5.79. The number of ether oxygens (including phenoxy) is 2. The number of allylic oxidation sites excluding steroid dienone is 8. The number of carbonyl (C=O) groups is 3. The monoisotopic (exact) mass is 1010 g/mol. The molecule has 12 atom stereocenters. The smallest absolute Gasteiger partial charge is 0.462 e. The zero-order valence-electron chi connectivity index (χ0n) is 39.5. The van der Waals surface area contributed by atoms with Crippen molar-refractivity contribution in [1.29, 1.82) is 0 Å². The molecule has 390 valence electrons. The predicted octanol–water partition coefficient (Wildman–Crippen LogP) is 5.65. The molecule has 0 aromatic carbocycles. The maximum absolute atomic E-state index is 13.7. The first-order chi connectivity index (χ1) is 32.3. The number of rotatable bonds is 22. The Bertz CT molecular complexity index is 1710. The van der Waals surface area contributed by atoms with E-state index < -0.39 is 120 Å². The number of aliphatic hydroxyl groups excluding tert-OH is 6. The number of hydrogen-bond acceptors (Lipinski definition) is 16. The van der Waals surface area contributed by atoms with Crippen molar-refractivity contribution < 1.29 is 91.9 Å². The molecule has 0 amide bonds. The predicted molar refractivity (Wildman–Crippen MR) is 251 cm³/mol. The molecule has 1 unspecified atom stereocenters. The summed E-state index contributed by atoms with van der Waals surface area (Å²) in [5.41, 5.74) is 0. The van der Waals surface area contributed by atoms with Crippen LogP contribution in [0.4, 0.5) is 0 Å². The minimum Gasteiger partial charge on any atom is -0.462 e. The Hall–Kier alpha value is -2.71. The molecular formula is C47H78O19P2. The van der Waals surface area contributed by atoms with Crippen LogP contribution in [0.1, 0.15) is 136 Å². The summed E-state index contributed by atoms with van der Waals surface area (Å²) in [6.45, 7) is 2.40. The number of aliphatic hydroxyl groups is 6. The topological polar surface area (TPSA) is 314 Å². The van der Waals surface area contributed by atoms with Gasteiger partial charge >= 0.3 is 27.6 Å². The third-order valence-electron chi connectivity index (χ3n) is 11.4. The molecule has 21 heteroatoms. The van der Waals surface area contributed by atoms with E-state index in [4.69, 9.17) is 23.0 Å². The van der Waals surface area contributed by atoms with Gasteiger partial charge in [-0.3, -0.25) is 28.0 Å². The molecule has 0 spiro atoms. The van der Waals surface area contributed by atoms with Gasteiger partial charge in [0.25, 0.3) is 0 Å². The molecule has 1 aliphatic carbocycles. The molecule has 1 aliphatic heterocycles. The van der Waals surface area contributed by atoms with Crippen molar-refractivity contribution in [2.24, 2.45) is 11.8 Å². The fourth-order valence-corrected chi connectivity index (χ4v) is 9.15. The van der Waals surface area contributed by atoms with Gasteiger partial charge in [0.15, 0.2) is 6.10 Å². The lowest BCUT2D eigenvalue weighted by atomic mass is 9.84. The first-order valence-corrected chi connectivity index (χ1v) is 27.0. The van der Waals surface area contributed by atoms with Gasteiger partial charge in [-0.05, 0) is 64.2 Å². The molecule has 1 heterocycles. The van der Waals surface area contributed by atoms with E-state index in [1.54, 1.807) is 6.08 Å². The van der Waals surface area contributed by atoms with Crippen molar-refractivity contribution in [3.05, 3.63) is 60.8 Å². The van der Waals surface area contributed by atoms with E-state index in [2.05, 4.69) is 43.4 Å². The molecule has 9 N–H and O–H groups in total. The summed E-state index contributed by atoms with van der Waals surface area (Å²) in [4.78, 5) is 70.4. The molecule has 2 bridgehead atoms. The Kier molecular flexibility index (Phi) is 30.5. The first kappa shape index (κ1) is 61.4. The van der Waals surface area contributed by atoms with Crippen LogP contribution >= 0.6 is 15.6 Å². The molecular weight excluding hydrogens is 930 g/mol. The van der Waals surface area contributed by atoms with Crippen molar-refractivity contribution >= 4 is 33.4 Å². The van der Waals surface area contributed by atoms with Gasteiger partial charge in [-0.2, -0.15) is 0 Å². The Morgan fingerprint density at radius 2 is 1.54 bits per heavy atom. The third-order valence-corrected chi connectivity index (χ3v) is 12.9. The van der Waals surface area contributed by atoms with Gasteiger partial charge in [0.05, 0.1) is 31.0 Å². The van der Waals surface area contributed by atoms with E-state index in [-0.39, 0.29) is 38.5 Å².